The third-order valence-corrected chi connectivity index (χ3v) is 6.06. The number of amides is 1. The van der Waals surface area contributed by atoms with Crippen molar-refractivity contribution in [2.75, 3.05) is 30.8 Å². The number of carbonyl (C=O) groups excluding carboxylic acids is 1. The Kier molecular flexibility index (Phi) is 4.04. The SMILES string of the molecule is [2H]C([2H])([2H])Nc1ncc(C#Cc2cn(C3(C)COC3)nc2C)c2cc(NC(=O)[C@H]3C[C@H]3C)nnc12. The van der Waals surface area contributed by atoms with Gasteiger partial charge in [-0.3, -0.25) is 9.48 Å². The molecule has 0 bridgehead atoms. The predicted molar refractivity (Wildman–Crippen MR) is 120 cm³/mol. The maximum Gasteiger partial charge on any atom is 0.228 e. The van der Waals surface area contributed by atoms with Gasteiger partial charge in [-0.15, -0.1) is 10.2 Å². The highest BCUT2D eigenvalue weighted by Gasteiger charge is 2.39. The van der Waals surface area contributed by atoms with Gasteiger partial charge in [0.1, 0.15) is 11.1 Å². The molecule has 4 heterocycles. The standard InChI is InChI=1S/C23H25N7O2/c1-13-7-17(13)22(31)26-19-8-18-15(9-25-21(24-4)20(18)28-27-19)5-6-16-10-30(29-14(16)2)23(3)11-32-12-23/h8-10,13,17H,7,11-12H2,1-4H3,(H,24,25)(H,26,27,31)/t13-,17+/m1/s1/i4D3. The van der Waals surface area contributed by atoms with Crippen LogP contribution < -0.4 is 10.6 Å². The Bertz CT molecular complexity index is 1390. The Morgan fingerprint density at radius 2 is 2.12 bits per heavy atom. The molecule has 9 heteroatoms. The van der Waals surface area contributed by atoms with Crippen molar-refractivity contribution in [3.05, 3.63) is 35.3 Å². The van der Waals surface area contributed by atoms with Gasteiger partial charge in [0.05, 0.1) is 30.0 Å². The van der Waals surface area contributed by atoms with E-state index in [1.165, 1.54) is 6.20 Å². The van der Waals surface area contributed by atoms with Crippen molar-refractivity contribution in [3.63, 3.8) is 0 Å². The number of aromatic nitrogens is 5. The van der Waals surface area contributed by atoms with Gasteiger partial charge in [-0.1, -0.05) is 18.8 Å². The molecular formula is C23H25N7O2. The highest BCUT2D eigenvalue weighted by molar-refractivity contribution is 5.97. The number of nitrogens with one attached hydrogen (secondary N) is 2. The number of fused-ring (bicyclic) bond motifs is 1. The third-order valence-electron chi connectivity index (χ3n) is 6.06. The lowest BCUT2D eigenvalue weighted by atomic mass is 10.0. The quantitative estimate of drug-likeness (QED) is 0.607. The summed E-state index contributed by atoms with van der Waals surface area (Å²) < 4.78 is 29.8. The van der Waals surface area contributed by atoms with E-state index in [-0.39, 0.29) is 34.5 Å². The fourth-order valence-corrected chi connectivity index (χ4v) is 3.71. The molecule has 0 unspecified atom stereocenters. The average Bonchev–Trinajstić information content (AvgIpc) is 3.39. The second-order valence-corrected chi connectivity index (χ2v) is 8.76. The number of rotatable bonds is 4. The molecule has 2 aliphatic rings. The van der Waals surface area contributed by atoms with E-state index in [0.29, 0.717) is 30.1 Å². The molecule has 5 rings (SSSR count). The Morgan fingerprint density at radius 3 is 2.81 bits per heavy atom. The summed E-state index contributed by atoms with van der Waals surface area (Å²) >= 11 is 0. The molecule has 164 valence electrons. The lowest BCUT2D eigenvalue weighted by molar-refractivity contribution is -0.117. The maximum atomic E-state index is 12.4. The molecule has 3 aromatic rings. The smallest absolute Gasteiger partial charge is 0.228 e. The van der Waals surface area contributed by atoms with Gasteiger partial charge >= 0.3 is 0 Å². The van der Waals surface area contributed by atoms with Crippen molar-refractivity contribution in [3.8, 4) is 11.8 Å². The summed E-state index contributed by atoms with van der Waals surface area (Å²) in [6.07, 6.45) is 4.23. The predicted octanol–water partition coefficient (Wildman–Crippen LogP) is 2.31. The molecule has 1 amide bonds. The Labute approximate surface area is 190 Å². The Hall–Kier alpha value is -3.51. The van der Waals surface area contributed by atoms with E-state index in [1.807, 2.05) is 24.7 Å². The molecule has 1 aliphatic carbocycles. The Balaban J connectivity index is 1.52. The van der Waals surface area contributed by atoms with Gasteiger partial charge < -0.3 is 15.4 Å². The van der Waals surface area contributed by atoms with E-state index in [0.717, 1.165) is 17.7 Å². The van der Waals surface area contributed by atoms with Gasteiger partial charge in [0.15, 0.2) is 11.6 Å². The second kappa shape index (κ2) is 7.57. The number of anilines is 2. The molecule has 3 aromatic heterocycles. The summed E-state index contributed by atoms with van der Waals surface area (Å²) in [7, 11) is 0. The molecule has 1 saturated heterocycles. The fraction of sp³-hybridized carbons (Fsp3) is 0.435. The lowest BCUT2D eigenvalue weighted by Crippen LogP contribution is -2.49. The lowest BCUT2D eigenvalue weighted by Gasteiger charge is -2.38. The molecular weight excluding hydrogens is 406 g/mol. The second-order valence-electron chi connectivity index (χ2n) is 8.76. The minimum absolute atomic E-state index is 0.0283. The van der Waals surface area contributed by atoms with Gasteiger partial charge in [-0.05, 0) is 32.3 Å². The molecule has 0 spiro atoms. The van der Waals surface area contributed by atoms with Crippen LogP contribution in [-0.4, -0.2) is 51.1 Å². The third kappa shape index (κ3) is 3.56. The molecule has 1 aliphatic heterocycles. The van der Waals surface area contributed by atoms with Crippen LogP contribution in [0.3, 0.4) is 0 Å². The number of hydrogen-bond donors (Lipinski definition) is 2. The number of hydrogen-bond acceptors (Lipinski definition) is 7. The van der Waals surface area contributed by atoms with Crippen LogP contribution >= 0.6 is 0 Å². The van der Waals surface area contributed by atoms with Crippen LogP contribution in [-0.2, 0) is 15.1 Å². The van der Waals surface area contributed by atoms with Gasteiger partial charge in [-0.2, -0.15) is 5.10 Å². The normalized spacial score (nSPS) is 22.5. The zero-order valence-electron chi connectivity index (χ0n) is 21.1. The molecule has 1 saturated carbocycles. The van der Waals surface area contributed by atoms with Gasteiger partial charge in [0, 0.05) is 34.8 Å². The molecule has 32 heavy (non-hydrogen) atoms. The largest absolute Gasteiger partial charge is 0.376 e. The van der Waals surface area contributed by atoms with Crippen molar-refractivity contribution in [1.29, 1.82) is 0 Å². The van der Waals surface area contributed by atoms with Crippen LogP contribution in [0.25, 0.3) is 10.9 Å². The summed E-state index contributed by atoms with van der Waals surface area (Å²) in [6.45, 7) is 4.72. The average molecular weight is 435 g/mol. The van der Waals surface area contributed by atoms with Crippen LogP contribution in [0.1, 0.15) is 41.2 Å². The molecule has 2 N–H and O–H groups in total. The zero-order chi connectivity index (χ0) is 25.0. The van der Waals surface area contributed by atoms with Crippen molar-refractivity contribution in [1.82, 2.24) is 25.0 Å². The van der Waals surface area contributed by atoms with Crippen LogP contribution in [0.5, 0.6) is 0 Å². The minimum atomic E-state index is -2.46. The monoisotopic (exact) mass is 434 g/mol. The highest BCUT2D eigenvalue weighted by Crippen LogP contribution is 2.38. The summed E-state index contributed by atoms with van der Waals surface area (Å²) in [5.74, 6) is 6.81. The van der Waals surface area contributed by atoms with Crippen molar-refractivity contribution in [2.24, 2.45) is 11.8 Å². The number of carbonyl (C=O) groups is 1. The highest BCUT2D eigenvalue weighted by atomic mass is 16.5. The van der Waals surface area contributed by atoms with Crippen LogP contribution in [0.2, 0.25) is 0 Å². The van der Waals surface area contributed by atoms with Crippen molar-refractivity contribution in [2.45, 2.75) is 32.7 Å². The van der Waals surface area contributed by atoms with Crippen LogP contribution in [0.4, 0.5) is 11.6 Å². The van der Waals surface area contributed by atoms with E-state index in [9.17, 15) is 4.79 Å². The zero-order valence-corrected chi connectivity index (χ0v) is 18.1. The van der Waals surface area contributed by atoms with Crippen LogP contribution in [0.15, 0.2) is 18.5 Å². The first-order valence-electron chi connectivity index (χ1n) is 11.9. The van der Waals surface area contributed by atoms with E-state index in [1.54, 1.807) is 6.07 Å². The summed E-state index contributed by atoms with van der Waals surface area (Å²) in [5, 5.41) is 18.5. The van der Waals surface area contributed by atoms with Crippen LogP contribution in [0, 0.1) is 30.6 Å². The number of nitrogens with zero attached hydrogens (tertiary/aromatic N) is 5. The number of pyridine rings is 1. The molecule has 2 fully saturated rings. The molecule has 0 radical (unpaired) electrons. The van der Waals surface area contributed by atoms with E-state index < -0.39 is 6.98 Å². The fourth-order valence-electron chi connectivity index (χ4n) is 3.71. The van der Waals surface area contributed by atoms with Gasteiger partial charge in [-0.25, -0.2) is 4.98 Å². The van der Waals surface area contributed by atoms with Gasteiger partial charge in [0.2, 0.25) is 5.91 Å². The molecule has 0 aromatic carbocycles. The first-order valence-corrected chi connectivity index (χ1v) is 10.4. The first kappa shape index (κ1) is 17.1. The molecule has 2 atom stereocenters. The number of aryl methyl sites for hydroxylation is 1. The molecule has 9 nitrogen and oxygen atoms in total. The summed E-state index contributed by atoms with van der Waals surface area (Å²) in [5.41, 5.74) is 2.14. The van der Waals surface area contributed by atoms with Gasteiger partial charge in [0.25, 0.3) is 0 Å². The minimum Gasteiger partial charge on any atom is -0.376 e. The summed E-state index contributed by atoms with van der Waals surface area (Å²) in [4.78, 5) is 16.6. The van der Waals surface area contributed by atoms with E-state index in [4.69, 9.17) is 8.85 Å². The van der Waals surface area contributed by atoms with E-state index in [2.05, 4.69) is 49.7 Å². The maximum absolute atomic E-state index is 12.4. The Morgan fingerprint density at radius 1 is 1.34 bits per heavy atom. The number of ether oxygens (including phenoxy) is 1. The first-order chi connectivity index (χ1) is 16.5. The van der Waals surface area contributed by atoms with Crippen molar-refractivity contribution >= 4 is 28.4 Å². The van der Waals surface area contributed by atoms with E-state index >= 15 is 0 Å². The van der Waals surface area contributed by atoms with Crippen molar-refractivity contribution < 1.29 is 13.6 Å². The summed E-state index contributed by atoms with van der Waals surface area (Å²) in [6, 6.07) is 1.65. The topological polar surface area (TPSA) is 107 Å².